The second-order valence-corrected chi connectivity index (χ2v) is 7.05. The molecule has 27 heavy (non-hydrogen) atoms. The molecule has 1 heterocycles. The second-order valence-electron chi connectivity index (χ2n) is 6.20. The molecule has 0 spiro atoms. The van der Waals surface area contributed by atoms with Crippen LogP contribution in [0.15, 0.2) is 53.9 Å². The SMILES string of the molecule is CC[C@@H](Oc1ccc(F)cc1)C(=O)NCc1csc(-c2ccc(C)cc2)n1. The van der Waals surface area contributed by atoms with Gasteiger partial charge < -0.3 is 10.1 Å². The van der Waals surface area contributed by atoms with Gasteiger partial charge in [0.2, 0.25) is 0 Å². The van der Waals surface area contributed by atoms with Crippen LogP contribution < -0.4 is 10.1 Å². The Morgan fingerprint density at radius 3 is 2.56 bits per heavy atom. The van der Waals surface area contributed by atoms with Gasteiger partial charge in [0, 0.05) is 10.9 Å². The number of amides is 1. The number of thiazole rings is 1. The van der Waals surface area contributed by atoms with E-state index < -0.39 is 6.10 Å². The van der Waals surface area contributed by atoms with E-state index in [0.29, 0.717) is 18.7 Å². The van der Waals surface area contributed by atoms with Crippen LogP contribution in [-0.4, -0.2) is 17.0 Å². The van der Waals surface area contributed by atoms with Crippen molar-refractivity contribution in [1.29, 1.82) is 0 Å². The molecule has 0 saturated carbocycles. The maximum Gasteiger partial charge on any atom is 0.261 e. The van der Waals surface area contributed by atoms with E-state index >= 15 is 0 Å². The Labute approximate surface area is 162 Å². The van der Waals surface area contributed by atoms with Crippen molar-refractivity contribution in [3.63, 3.8) is 0 Å². The molecule has 6 heteroatoms. The van der Waals surface area contributed by atoms with Gasteiger partial charge in [-0.2, -0.15) is 0 Å². The first-order chi connectivity index (χ1) is 13.0. The van der Waals surface area contributed by atoms with Crippen LogP contribution in [0.3, 0.4) is 0 Å². The molecular weight excluding hydrogens is 363 g/mol. The van der Waals surface area contributed by atoms with Gasteiger partial charge in [-0.3, -0.25) is 4.79 Å². The van der Waals surface area contributed by atoms with Crippen molar-refractivity contribution in [1.82, 2.24) is 10.3 Å². The molecule has 4 nitrogen and oxygen atoms in total. The molecule has 0 aliphatic carbocycles. The van der Waals surface area contributed by atoms with Crippen LogP contribution in [0.1, 0.15) is 24.6 Å². The predicted octanol–water partition coefficient (Wildman–Crippen LogP) is 4.73. The highest BCUT2D eigenvalue weighted by atomic mass is 32.1. The van der Waals surface area contributed by atoms with E-state index in [9.17, 15) is 9.18 Å². The molecule has 0 saturated heterocycles. The summed E-state index contributed by atoms with van der Waals surface area (Å²) in [6.45, 7) is 4.25. The van der Waals surface area contributed by atoms with Crippen LogP contribution in [0.25, 0.3) is 10.6 Å². The van der Waals surface area contributed by atoms with Crippen LogP contribution in [-0.2, 0) is 11.3 Å². The molecule has 3 aromatic rings. The highest BCUT2D eigenvalue weighted by Crippen LogP contribution is 2.24. The lowest BCUT2D eigenvalue weighted by atomic mass is 10.2. The molecule has 0 fully saturated rings. The number of hydrogen-bond donors (Lipinski definition) is 1. The molecule has 0 radical (unpaired) electrons. The minimum absolute atomic E-state index is 0.216. The number of halogens is 1. The van der Waals surface area contributed by atoms with Crippen molar-refractivity contribution in [3.8, 4) is 16.3 Å². The fourth-order valence-electron chi connectivity index (χ4n) is 2.51. The van der Waals surface area contributed by atoms with Crippen LogP contribution in [0.2, 0.25) is 0 Å². The maximum atomic E-state index is 13.0. The van der Waals surface area contributed by atoms with E-state index in [2.05, 4.69) is 22.4 Å². The molecule has 1 amide bonds. The van der Waals surface area contributed by atoms with Crippen molar-refractivity contribution >= 4 is 17.2 Å². The Morgan fingerprint density at radius 1 is 1.19 bits per heavy atom. The first kappa shape index (κ1) is 19.0. The summed E-state index contributed by atoms with van der Waals surface area (Å²) in [5.41, 5.74) is 3.07. The number of ether oxygens (including phenoxy) is 1. The quantitative estimate of drug-likeness (QED) is 0.641. The van der Waals surface area contributed by atoms with Crippen LogP contribution in [0, 0.1) is 12.7 Å². The van der Waals surface area contributed by atoms with Crippen molar-refractivity contribution in [3.05, 3.63) is 71.0 Å². The highest BCUT2D eigenvalue weighted by molar-refractivity contribution is 7.13. The standard InChI is InChI=1S/C21H21FN2O2S/c1-3-19(26-18-10-8-16(22)9-11-18)20(25)23-12-17-13-27-21(24-17)15-6-4-14(2)5-7-15/h4-11,13,19H,3,12H2,1-2H3,(H,23,25)/t19-/m1/s1. The van der Waals surface area contributed by atoms with Gasteiger partial charge in [0.25, 0.3) is 5.91 Å². The van der Waals surface area contributed by atoms with E-state index in [1.807, 2.05) is 31.4 Å². The van der Waals surface area contributed by atoms with Crippen molar-refractivity contribution in [2.45, 2.75) is 32.9 Å². The summed E-state index contributed by atoms with van der Waals surface area (Å²) >= 11 is 1.55. The zero-order valence-corrected chi connectivity index (χ0v) is 16.1. The number of rotatable bonds is 7. The van der Waals surface area contributed by atoms with Crippen molar-refractivity contribution < 1.29 is 13.9 Å². The Morgan fingerprint density at radius 2 is 1.89 bits per heavy atom. The molecular formula is C21H21FN2O2S. The third-order valence-electron chi connectivity index (χ3n) is 4.05. The van der Waals surface area contributed by atoms with Gasteiger partial charge in [-0.1, -0.05) is 36.8 Å². The lowest BCUT2D eigenvalue weighted by molar-refractivity contribution is -0.128. The first-order valence-electron chi connectivity index (χ1n) is 8.76. The van der Waals surface area contributed by atoms with E-state index in [0.717, 1.165) is 16.3 Å². The Hall–Kier alpha value is -2.73. The van der Waals surface area contributed by atoms with Crippen LogP contribution in [0.4, 0.5) is 4.39 Å². The molecule has 1 atom stereocenters. The van der Waals surface area contributed by atoms with Gasteiger partial charge in [0.05, 0.1) is 12.2 Å². The minimum Gasteiger partial charge on any atom is -0.481 e. The molecule has 0 aliphatic heterocycles. The number of carbonyl (C=O) groups is 1. The summed E-state index contributed by atoms with van der Waals surface area (Å²) in [5, 5.41) is 5.73. The monoisotopic (exact) mass is 384 g/mol. The van der Waals surface area contributed by atoms with Crippen LogP contribution >= 0.6 is 11.3 Å². The molecule has 1 aromatic heterocycles. The van der Waals surface area contributed by atoms with Gasteiger partial charge in [0.15, 0.2) is 6.10 Å². The second kappa shape index (κ2) is 8.77. The normalized spacial score (nSPS) is 11.8. The molecule has 3 rings (SSSR count). The van der Waals surface area contributed by atoms with Gasteiger partial charge in [-0.25, -0.2) is 9.37 Å². The average molecular weight is 384 g/mol. The summed E-state index contributed by atoms with van der Waals surface area (Å²) in [6, 6.07) is 13.8. The van der Waals surface area contributed by atoms with Gasteiger partial charge >= 0.3 is 0 Å². The lowest BCUT2D eigenvalue weighted by Crippen LogP contribution is -2.37. The zero-order valence-electron chi connectivity index (χ0n) is 15.2. The zero-order chi connectivity index (χ0) is 19.2. The Bertz CT molecular complexity index is 891. The lowest BCUT2D eigenvalue weighted by Gasteiger charge is -2.17. The molecule has 2 aromatic carbocycles. The number of carbonyl (C=O) groups excluding carboxylic acids is 1. The highest BCUT2D eigenvalue weighted by Gasteiger charge is 2.18. The van der Waals surface area contributed by atoms with Crippen molar-refractivity contribution in [2.75, 3.05) is 0 Å². The number of hydrogen-bond acceptors (Lipinski definition) is 4. The van der Waals surface area contributed by atoms with Gasteiger partial charge in [-0.05, 0) is 37.6 Å². The molecule has 0 aliphatic rings. The number of nitrogens with zero attached hydrogens (tertiary/aromatic N) is 1. The molecule has 140 valence electrons. The number of nitrogens with one attached hydrogen (secondary N) is 1. The number of aromatic nitrogens is 1. The van der Waals surface area contributed by atoms with Crippen molar-refractivity contribution in [2.24, 2.45) is 0 Å². The van der Waals surface area contributed by atoms with E-state index in [-0.39, 0.29) is 11.7 Å². The topological polar surface area (TPSA) is 51.2 Å². The molecule has 0 bridgehead atoms. The summed E-state index contributed by atoms with van der Waals surface area (Å²) in [7, 11) is 0. The molecule has 0 unspecified atom stereocenters. The first-order valence-corrected chi connectivity index (χ1v) is 9.64. The summed E-state index contributed by atoms with van der Waals surface area (Å²) in [4.78, 5) is 17.0. The summed E-state index contributed by atoms with van der Waals surface area (Å²) in [5.74, 6) is -0.0896. The third kappa shape index (κ3) is 5.14. The fraction of sp³-hybridized carbons (Fsp3) is 0.238. The number of benzene rings is 2. The van der Waals surface area contributed by atoms with Gasteiger partial charge in [-0.15, -0.1) is 11.3 Å². The Kier molecular flexibility index (Phi) is 6.19. The Balaban J connectivity index is 1.57. The van der Waals surface area contributed by atoms with E-state index in [1.54, 1.807) is 11.3 Å². The average Bonchev–Trinajstić information content (AvgIpc) is 3.15. The molecule has 1 N–H and O–H groups in total. The third-order valence-corrected chi connectivity index (χ3v) is 4.99. The van der Waals surface area contributed by atoms with Gasteiger partial charge in [0.1, 0.15) is 16.6 Å². The summed E-state index contributed by atoms with van der Waals surface area (Å²) < 4.78 is 18.6. The number of aryl methyl sites for hydroxylation is 1. The minimum atomic E-state index is -0.634. The smallest absolute Gasteiger partial charge is 0.261 e. The fourth-order valence-corrected chi connectivity index (χ4v) is 3.33. The van der Waals surface area contributed by atoms with E-state index in [1.165, 1.54) is 29.8 Å². The van der Waals surface area contributed by atoms with Crippen LogP contribution in [0.5, 0.6) is 5.75 Å². The summed E-state index contributed by atoms with van der Waals surface area (Å²) in [6.07, 6.45) is -0.125. The largest absolute Gasteiger partial charge is 0.481 e. The predicted molar refractivity (Wildman–Crippen MR) is 105 cm³/mol. The maximum absolute atomic E-state index is 13.0. The van der Waals surface area contributed by atoms with E-state index in [4.69, 9.17) is 4.74 Å².